The third-order valence-electron chi connectivity index (χ3n) is 3.55. The van der Waals surface area contributed by atoms with E-state index in [0.717, 1.165) is 6.61 Å². The van der Waals surface area contributed by atoms with Gasteiger partial charge >= 0.3 is 0 Å². The predicted octanol–water partition coefficient (Wildman–Crippen LogP) is 4.12. The van der Waals surface area contributed by atoms with Crippen molar-refractivity contribution in [2.45, 2.75) is 61.0 Å². The summed E-state index contributed by atoms with van der Waals surface area (Å²) in [6.07, 6.45) is 1.72. The molecule has 0 aromatic rings. The molecule has 1 heterocycles. The standard InChI is InChI=1S/C14H28O/c1-10-8-11(13(2,3)4)12(15-9-10)14(5,6)7/h10-12H,8-9H2,1-7H3/t10?,11-,12?/m0/s1. The van der Waals surface area contributed by atoms with Gasteiger partial charge in [-0.1, -0.05) is 48.5 Å². The molecule has 1 heteroatoms. The fourth-order valence-corrected chi connectivity index (χ4v) is 2.67. The van der Waals surface area contributed by atoms with Gasteiger partial charge in [-0.25, -0.2) is 0 Å². The first-order valence-electron chi connectivity index (χ1n) is 6.24. The molecular weight excluding hydrogens is 184 g/mol. The molecule has 0 radical (unpaired) electrons. The van der Waals surface area contributed by atoms with Crippen molar-refractivity contribution in [3.8, 4) is 0 Å². The maximum atomic E-state index is 6.09. The van der Waals surface area contributed by atoms with Crippen molar-refractivity contribution in [2.24, 2.45) is 22.7 Å². The second kappa shape index (κ2) is 4.08. The van der Waals surface area contributed by atoms with E-state index in [2.05, 4.69) is 48.5 Å². The SMILES string of the molecule is CC1COC(C(C)(C)C)[C@@H](C(C)(C)C)C1. The van der Waals surface area contributed by atoms with Gasteiger partial charge in [0.05, 0.1) is 6.10 Å². The number of hydrogen-bond acceptors (Lipinski definition) is 1. The molecule has 0 saturated carbocycles. The quantitative estimate of drug-likeness (QED) is 0.587. The molecule has 0 amide bonds. The molecule has 1 fully saturated rings. The average molecular weight is 212 g/mol. The molecule has 0 aliphatic carbocycles. The summed E-state index contributed by atoms with van der Waals surface area (Å²) in [5.74, 6) is 1.40. The van der Waals surface area contributed by atoms with Gasteiger partial charge in [0.2, 0.25) is 0 Å². The summed E-state index contributed by atoms with van der Waals surface area (Å²) < 4.78 is 6.09. The average Bonchev–Trinajstić information content (AvgIpc) is 2.00. The van der Waals surface area contributed by atoms with Crippen LogP contribution in [0.4, 0.5) is 0 Å². The minimum Gasteiger partial charge on any atom is -0.377 e. The third kappa shape index (κ3) is 3.21. The molecule has 0 bridgehead atoms. The predicted molar refractivity (Wildman–Crippen MR) is 65.9 cm³/mol. The molecule has 0 aromatic heterocycles. The normalized spacial score (nSPS) is 34.2. The van der Waals surface area contributed by atoms with E-state index in [4.69, 9.17) is 4.74 Å². The zero-order chi connectivity index (χ0) is 11.9. The van der Waals surface area contributed by atoms with Crippen LogP contribution in [0.5, 0.6) is 0 Å². The smallest absolute Gasteiger partial charge is 0.0656 e. The molecule has 0 aromatic carbocycles. The van der Waals surface area contributed by atoms with Crippen LogP contribution in [0.25, 0.3) is 0 Å². The van der Waals surface area contributed by atoms with Crippen LogP contribution in [-0.4, -0.2) is 12.7 Å². The van der Waals surface area contributed by atoms with E-state index >= 15 is 0 Å². The van der Waals surface area contributed by atoms with Crippen LogP contribution in [-0.2, 0) is 4.74 Å². The Balaban J connectivity index is 2.85. The van der Waals surface area contributed by atoms with Crippen LogP contribution >= 0.6 is 0 Å². The lowest BCUT2D eigenvalue weighted by molar-refractivity contribution is -0.133. The third-order valence-corrected chi connectivity index (χ3v) is 3.55. The molecule has 2 unspecified atom stereocenters. The monoisotopic (exact) mass is 212 g/mol. The Morgan fingerprint density at radius 3 is 1.87 bits per heavy atom. The highest BCUT2D eigenvalue weighted by molar-refractivity contribution is 4.91. The number of rotatable bonds is 0. The molecular formula is C14H28O. The lowest BCUT2D eigenvalue weighted by Gasteiger charge is -2.47. The van der Waals surface area contributed by atoms with Crippen LogP contribution in [0, 0.1) is 22.7 Å². The molecule has 1 saturated heterocycles. The van der Waals surface area contributed by atoms with Crippen LogP contribution < -0.4 is 0 Å². The van der Waals surface area contributed by atoms with Gasteiger partial charge in [0, 0.05) is 6.61 Å². The summed E-state index contributed by atoms with van der Waals surface area (Å²) in [6.45, 7) is 17.2. The Morgan fingerprint density at radius 1 is 0.933 bits per heavy atom. The molecule has 1 aliphatic rings. The molecule has 3 atom stereocenters. The van der Waals surface area contributed by atoms with Gasteiger partial charge in [-0.3, -0.25) is 0 Å². The van der Waals surface area contributed by atoms with Crippen molar-refractivity contribution in [1.29, 1.82) is 0 Å². The van der Waals surface area contributed by atoms with Gasteiger partial charge in [0.25, 0.3) is 0 Å². The van der Waals surface area contributed by atoms with Gasteiger partial charge in [-0.15, -0.1) is 0 Å². The van der Waals surface area contributed by atoms with Gasteiger partial charge in [-0.05, 0) is 29.1 Å². The van der Waals surface area contributed by atoms with E-state index in [1.165, 1.54) is 6.42 Å². The van der Waals surface area contributed by atoms with E-state index in [9.17, 15) is 0 Å². The fraction of sp³-hybridized carbons (Fsp3) is 1.00. The lowest BCUT2D eigenvalue weighted by Crippen LogP contribution is -2.47. The van der Waals surface area contributed by atoms with Crippen molar-refractivity contribution in [3.05, 3.63) is 0 Å². The summed E-state index contributed by atoms with van der Waals surface area (Å²) in [5, 5.41) is 0. The van der Waals surface area contributed by atoms with E-state index in [1.54, 1.807) is 0 Å². The molecule has 1 nitrogen and oxygen atoms in total. The minimum absolute atomic E-state index is 0.262. The Morgan fingerprint density at radius 2 is 1.47 bits per heavy atom. The first-order chi connectivity index (χ1) is 6.62. The topological polar surface area (TPSA) is 9.23 Å². The molecule has 1 aliphatic heterocycles. The molecule has 1 rings (SSSR count). The number of ether oxygens (including phenoxy) is 1. The summed E-state index contributed by atoms with van der Waals surface area (Å²) in [7, 11) is 0. The molecule has 0 spiro atoms. The highest BCUT2D eigenvalue weighted by Crippen LogP contribution is 2.44. The maximum Gasteiger partial charge on any atom is 0.0656 e. The highest BCUT2D eigenvalue weighted by Gasteiger charge is 2.42. The summed E-state index contributed by atoms with van der Waals surface area (Å²) in [6, 6.07) is 0. The van der Waals surface area contributed by atoms with Crippen LogP contribution in [0.2, 0.25) is 0 Å². The van der Waals surface area contributed by atoms with Crippen molar-refractivity contribution < 1.29 is 4.74 Å². The largest absolute Gasteiger partial charge is 0.377 e. The van der Waals surface area contributed by atoms with E-state index in [0.29, 0.717) is 23.4 Å². The van der Waals surface area contributed by atoms with E-state index in [-0.39, 0.29) is 5.41 Å². The van der Waals surface area contributed by atoms with Crippen LogP contribution in [0.15, 0.2) is 0 Å². The van der Waals surface area contributed by atoms with E-state index < -0.39 is 0 Å². The molecule has 90 valence electrons. The van der Waals surface area contributed by atoms with Crippen molar-refractivity contribution >= 4 is 0 Å². The Hall–Kier alpha value is -0.0400. The lowest BCUT2D eigenvalue weighted by atomic mass is 9.66. The van der Waals surface area contributed by atoms with Crippen molar-refractivity contribution in [1.82, 2.24) is 0 Å². The minimum atomic E-state index is 0.262. The Labute approximate surface area is 95.6 Å². The summed E-state index contributed by atoms with van der Waals surface area (Å²) in [5.41, 5.74) is 0.616. The first-order valence-corrected chi connectivity index (χ1v) is 6.24. The molecule has 15 heavy (non-hydrogen) atoms. The van der Waals surface area contributed by atoms with Crippen molar-refractivity contribution in [2.75, 3.05) is 6.61 Å². The zero-order valence-electron chi connectivity index (χ0n) is 11.6. The van der Waals surface area contributed by atoms with Gasteiger partial charge in [0.1, 0.15) is 0 Å². The van der Waals surface area contributed by atoms with Crippen LogP contribution in [0.3, 0.4) is 0 Å². The van der Waals surface area contributed by atoms with E-state index in [1.807, 2.05) is 0 Å². The summed E-state index contributed by atoms with van der Waals surface area (Å²) in [4.78, 5) is 0. The fourth-order valence-electron chi connectivity index (χ4n) is 2.67. The highest BCUT2D eigenvalue weighted by atomic mass is 16.5. The summed E-state index contributed by atoms with van der Waals surface area (Å²) >= 11 is 0. The number of hydrogen-bond donors (Lipinski definition) is 0. The van der Waals surface area contributed by atoms with Crippen molar-refractivity contribution in [3.63, 3.8) is 0 Å². The van der Waals surface area contributed by atoms with Gasteiger partial charge in [-0.2, -0.15) is 0 Å². The van der Waals surface area contributed by atoms with Gasteiger partial charge < -0.3 is 4.74 Å². The van der Waals surface area contributed by atoms with Crippen LogP contribution in [0.1, 0.15) is 54.9 Å². The second-order valence-corrected chi connectivity index (χ2v) is 7.43. The Kier molecular flexibility index (Phi) is 3.55. The van der Waals surface area contributed by atoms with Gasteiger partial charge in [0.15, 0.2) is 0 Å². The Bertz CT molecular complexity index is 206. The first kappa shape index (κ1) is 13.0. The second-order valence-electron chi connectivity index (χ2n) is 7.43. The zero-order valence-corrected chi connectivity index (χ0v) is 11.6. The maximum absolute atomic E-state index is 6.09. The molecule has 0 N–H and O–H groups in total.